The lowest BCUT2D eigenvalue weighted by atomic mass is 10.1. The van der Waals surface area contributed by atoms with Crippen molar-refractivity contribution in [1.82, 2.24) is 0 Å². The van der Waals surface area contributed by atoms with Crippen LogP contribution in [-0.2, 0) is 6.54 Å². The Morgan fingerprint density at radius 1 is 0.889 bits per heavy atom. The molecule has 0 unspecified atom stereocenters. The summed E-state index contributed by atoms with van der Waals surface area (Å²) in [5.41, 5.74) is 10.3. The smallest absolute Gasteiger partial charge is 0.131 e. The van der Waals surface area contributed by atoms with Gasteiger partial charge in [-0.1, -0.05) is 29.8 Å². The average Bonchev–Trinajstić information content (AvgIpc) is 2.36. The molecule has 0 fully saturated rings. The highest BCUT2D eigenvalue weighted by Crippen LogP contribution is 2.29. The Balaban J connectivity index is 2.36. The molecule has 18 heavy (non-hydrogen) atoms. The van der Waals surface area contributed by atoms with Gasteiger partial charge in [-0.2, -0.15) is 0 Å². The summed E-state index contributed by atoms with van der Waals surface area (Å²) in [7, 11) is 0. The van der Waals surface area contributed by atoms with Crippen molar-refractivity contribution in [3.63, 3.8) is 0 Å². The van der Waals surface area contributed by atoms with Crippen LogP contribution in [0.5, 0.6) is 11.5 Å². The molecule has 0 aliphatic rings. The summed E-state index contributed by atoms with van der Waals surface area (Å²) < 4.78 is 5.99. The molecular weight excluding hydrogens is 222 g/mol. The highest BCUT2D eigenvalue weighted by Gasteiger charge is 2.06. The SMILES string of the molecule is Cc1ccc(Oc2cc(C)ccc2C)c(CN)c1. The molecule has 0 aliphatic heterocycles. The number of hydrogen-bond acceptors (Lipinski definition) is 2. The minimum Gasteiger partial charge on any atom is -0.457 e. The average molecular weight is 241 g/mol. The normalized spacial score (nSPS) is 10.4. The van der Waals surface area contributed by atoms with Crippen molar-refractivity contribution in [2.75, 3.05) is 0 Å². The first-order valence-corrected chi connectivity index (χ1v) is 6.15. The van der Waals surface area contributed by atoms with E-state index < -0.39 is 0 Å². The van der Waals surface area contributed by atoms with E-state index in [0.717, 1.165) is 22.6 Å². The van der Waals surface area contributed by atoms with Crippen LogP contribution in [0.4, 0.5) is 0 Å². The van der Waals surface area contributed by atoms with Crippen molar-refractivity contribution in [2.24, 2.45) is 5.73 Å². The molecule has 2 heteroatoms. The summed E-state index contributed by atoms with van der Waals surface area (Å²) in [6.45, 7) is 6.65. The number of rotatable bonds is 3. The topological polar surface area (TPSA) is 35.2 Å². The second kappa shape index (κ2) is 5.23. The van der Waals surface area contributed by atoms with E-state index in [1.807, 2.05) is 19.1 Å². The molecule has 0 atom stereocenters. The third-order valence-electron chi connectivity index (χ3n) is 3.00. The minimum atomic E-state index is 0.488. The molecule has 2 N–H and O–H groups in total. The fourth-order valence-corrected chi connectivity index (χ4v) is 1.90. The van der Waals surface area contributed by atoms with Crippen LogP contribution in [0.3, 0.4) is 0 Å². The fraction of sp³-hybridized carbons (Fsp3) is 0.250. The Morgan fingerprint density at radius 2 is 1.56 bits per heavy atom. The standard InChI is InChI=1S/C16H19NO/c1-11-5-7-15(14(8-11)10-17)18-16-9-12(2)4-6-13(16)3/h4-9H,10,17H2,1-3H3. The zero-order chi connectivity index (χ0) is 13.1. The molecular formula is C16H19NO. The predicted molar refractivity (Wildman–Crippen MR) is 75.1 cm³/mol. The molecule has 0 saturated heterocycles. The van der Waals surface area contributed by atoms with Crippen molar-refractivity contribution in [3.05, 3.63) is 58.7 Å². The fourth-order valence-electron chi connectivity index (χ4n) is 1.90. The molecule has 2 nitrogen and oxygen atoms in total. The number of aryl methyl sites for hydroxylation is 3. The molecule has 2 rings (SSSR count). The Labute approximate surface area is 108 Å². The van der Waals surface area contributed by atoms with Gasteiger partial charge in [-0.3, -0.25) is 0 Å². The van der Waals surface area contributed by atoms with Gasteiger partial charge >= 0.3 is 0 Å². The van der Waals surface area contributed by atoms with Crippen molar-refractivity contribution < 1.29 is 4.74 Å². The van der Waals surface area contributed by atoms with E-state index in [0.29, 0.717) is 6.54 Å². The zero-order valence-corrected chi connectivity index (χ0v) is 11.2. The maximum Gasteiger partial charge on any atom is 0.131 e. The molecule has 0 radical (unpaired) electrons. The van der Waals surface area contributed by atoms with Gasteiger partial charge in [0.05, 0.1) is 0 Å². The molecule has 0 bridgehead atoms. The molecule has 2 aromatic rings. The molecule has 2 aromatic carbocycles. The summed E-state index contributed by atoms with van der Waals surface area (Å²) in [6.07, 6.45) is 0. The largest absolute Gasteiger partial charge is 0.457 e. The van der Waals surface area contributed by atoms with Gasteiger partial charge in [0.1, 0.15) is 11.5 Å². The summed E-state index contributed by atoms with van der Waals surface area (Å²) in [5.74, 6) is 1.74. The van der Waals surface area contributed by atoms with E-state index >= 15 is 0 Å². The lowest BCUT2D eigenvalue weighted by Crippen LogP contribution is -2.00. The second-order valence-electron chi connectivity index (χ2n) is 4.69. The Morgan fingerprint density at radius 3 is 2.28 bits per heavy atom. The van der Waals surface area contributed by atoms with E-state index in [2.05, 4.69) is 38.1 Å². The molecule has 0 saturated carbocycles. The zero-order valence-electron chi connectivity index (χ0n) is 11.2. The van der Waals surface area contributed by atoms with E-state index in [1.54, 1.807) is 0 Å². The van der Waals surface area contributed by atoms with E-state index in [4.69, 9.17) is 10.5 Å². The lowest BCUT2D eigenvalue weighted by molar-refractivity contribution is 0.472. The van der Waals surface area contributed by atoms with Crippen molar-refractivity contribution in [1.29, 1.82) is 0 Å². The van der Waals surface area contributed by atoms with E-state index in [-0.39, 0.29) is 0 Å². The number of hydrogen-bond donors (Lipinski definition) is 1. The molecule has 0 spiro atoms. The van der Waals surface area contributed by atoms with E-state index in [9.17, 15) is 0 Å². The first-order valence-electron chi connectivity index (χ1n) is 6.15. The minimum absolute atomic E-state index is 0.488. The second-order valence-corrected chi connectivity index (χ2v) is 4.69. The first-order chi connectivity index (χ1) is 8.60. The third kappa shape index (κ3) is 2.71. The van der Waals surface area contributed by atoms with Crippen LogP contribution in [0.2, 0.25) is 0 Å². The molecule has 0 aromatic heterocycles. The van der Waals surface area contributed by atoms with Crippen LogP contribution < -0.4 is 10.5 Å². The third-order valence-corrected chi connectivity index (χ3v) is 3.00. The van der Waals surface area contributed by atoms with Crippen LogP contribution in [0.25, 0.3) is 0 Å². The highest BCUT2D eigenvalue weighted by molar-refractivity contribution is 5.43. The number of ether oxygens (including phenoxy) is 1. The maximum absolute atomic E-state index is 5.99. The van der Waals surface area contributed by atoms with Gasteiger partial charge in [-0.25, -0.2) is 0 Å². The Kier molecular flexibility index (Phi) is 3.68. The van der Waals surface area contributed by atoms with Crippen LogP contribution in [-0.4, -0.2) is 0 Å². The van der Waals surface area contributed by atoms with Gasteiger partial charge in [-0.15, -0.1) is 0 Å². The van der Waals surface area contributed by atoms with Gasteiger partial charge in [0.25, 0.3) is 0 Å². The number of benzene rings is 2. The van der Waals surface area contributed by atoms with Crippen LogP contribution in [0.15, 0.2) is 36.4 Å². The van der Waals surface area contributed by atoms with Crippen LogP contribution in [0.1, 0.15) is 22.3 Å². The summed E-state index contributed by atoms with van der Waals surface area (Å²) in [6, 6.07) is 12.3. The molecule has 0 amide bonds. The van der Waals surface area contributed by atoms with Gasteiger partial charge in [-0.05, 0) is 44.0 Å². The monoisotopic (exact) mass is 241 g/mol. The van der Waals surface area contributed by atoms with Gasteiger partial charge in [0.2, 0.25) is 0 Å². The quantitative estimate of drug-likeness (QED) is 0.885. The van der Waals surface area contributed by atoms with Gasteiger partial charge < -0.3 is 10.5 Å². The first kappa shape index (κ1) is 12.7. The molecule has 0 aliphatic carbocycles. The lowest BCUT2D eigenvalue weighted by Gasteiger charge is -2.13. The van der Waals surface area contributed by atoms with Crippen LogP contribution in [0, 0.1) is 20.8 Å². The van der Waals surface area contributed by atoms with E-state index in [1.165, 1.54) is 11.1 Å². The number of nitrogens with two attached hydrogens (primary N) is 1. The Hall–Kier alpha value is -1.80. The van der Waals surface area contributed by atoms with Crippen LogP contribution >= 0.6 is 0 Å². The van der Waals surface area contributed by atoms with Gasteiger partial charge in [0, 0.05) is 12.1 Å². The van der Waals surface area contributed by atoms with Crippen molar-refractivity contribution >= 4 is 0 Å². The summed E-state index contributed by atoms with van der Waals surface area (Å²) >= 11 is 0. The molecule has 94 valence electrons. The van der Waals surface area contributed by atoms with Gasteiger partial charge in [0.15, 0.2) is 0 Å². The highest BCUT2D eigenvalue weighted by atomic mass is 16.5. The summed E-state index contributed by atoms with van der Waals surface area (Å²) in [4.78, 5) is 0. The Bertz CT molecular complexity index is 561. The maximum atomic E-state index is 5.99. The van der Waals surface area contributed by atoms with Crippen molar-refractivity contribution in [3.8, 4) is 11.5 Å². The summed E-state index contributed by atoms with van der Waals surface area (Å²) in [5, 5.41) is 0. The molecule has 0 heterocycles. The predicted octanol–water partition coefficient (Wildman–Crippen LogP) is 3.86. The van der Waals surface area contributed by atoms with Crippen molar-refractivity contribution in [2.45, 2.75) is 27.3 Å².